The second-order valence-corrected chi connectivity index (χ2v) is 4.02. The summed E-state index contributed by atoms with van der Waals surface area (Å²) in [6.45, 7) is 1.79. The van der Waals surface area contributed by atoms with Gasteiger partial charge in [-0.05, 0) is 25.1 Å². The van der Waals surface area contributed by atoms with Crippen LogP contribution in [0.4, 0.5) is 0 Å². The number of pyridine rings is 1. The number of fused-ring (bicyclic) bond motifs is 3. The maximum Gasteiger partial charge on any atom is 0.146 e. The number of aromatic amines is 1. The van der Waals surface area contributed by atoms with Crippen LogP contribution in [0.1, 0.15) is 5.69 Å². The molecule has 4 nitrogen and oxygen atoms in total. The smallest absolute Gasteiger partial charge is 0.146 e. The Balaban J connectivity index is 2.50. The van der Waals surface area contributed by atoms with E-state index < -0.39 is 0 Å². The maximum absolute atomic E-state index is 10.1. The molecule has 0 aliphatic heterocycles. The van der Waals surface area contributed by atoms with E-state index in [9.17, 15) is 5.11 Å². The van der Waals surface area contributed by atoms with E-state index in [0.717, 1.165) is 27.6 Å². The molecule has 0 saturated heterocycles. The molecule has 2 N–H and O–H groups in total. The van der Waals surface area contributed by atoms with Crippen LogP contribution in [0.25, 0.3) is 21.8 Å². The second kappa shape index (κ2) is 3.38. The van der Waals surface area contributed by atoms with Crippen LogP contribution in [-0.2, 0) is 0 Å². The van der Waals surface area contributed by atoms with E-state index in [0.29, 0.717) is 5.69 Å². The summed E-state index contributed by atoms with van der Waals surface area (Å²) < 4.78 is 5.20. The molecule has 0 spiro atoms. The molecule has 17 heavy (non-hydrogen) atoms. The number of rotatable bonds is 1. The van der Waals surface area contributed by atoms with E-state index in [2.05, 4.69) is 9.97 Å². The Labute approximate surface area is 97.9 Å². The fourth-order valence-corrected chi connectivity index (χ4v) is 2.07. The van der Waals surface area contributed by atoms with E-state index >= 15 is 0 Å². The van der Waals surface area contributed by atoms with Crippen LogP contribution in [0.2, 0.25) is 0 Å². The molecule has 0 bridgehead atoms. The third-order valence-corrected chi connectivity index (χ3v) is 3.00. The highest BCUT2D eigenvalue weighted by Crippen LogP contribution is 2.35. The second-order valence-electron chi connectivity index (χ2n) is 4.02. The third-order valence-electron chi connectivity index (χ3n) is 3.00. The maximum atomic E-state index is 10.1. The number of nitrogens with zero attached hydrogens (tertiary/aromatic N) is 1. The molecule has 0 aliphatic carbocycles. The molecule has 0 atom stereocenters. The number of ether oxygens (including phenoxy) is 1. The number of benzene rings is 1. The molecule has 1 aromatic carbocycles. The molecular formula is C13H12N2O2. The lowest BCUT2D eigenvalue weighted by Gasteiger charge is -2.01. The Morgan fingerprint density at radius 3 is 2.88 bits per heavy atom. The van der Waals surface area contributed by atoms with Gasteiger partial charge in [0.15, 0.2) is 0 Å². The number of methoxy groups -OCH3 is 1. The van der Waals surface area contributed by atoms with Gasteiger partial charge in [-0.25, -0.2) is 0 Å². The molecule has 0 unspecified atom stereocenters. The summed E-state index contributed by atoms with van der Waals surface area (Å²) in [4.78, 5) is 7.35. The van der Waals surface area contributed by atoms with Crippen LogP contribution in [0.5, 0.6) is 11.5 Å². The monoisotopic (exact) mass is 228 g/mol. The van der Waals surface area contributed by atoms with Gasteiger partial charge in [-0.15, -0.1) is 0 Å². The normalized spacial score (nSPS) is 11.2. The number of aryl methyl sites for hydroxylation is 1. The summed E-state index contributed by atoms with van der Waals surface area (Å²) in [7, 11) is 1.63. The zero-order valence-electron chi connectivity index (χ0n) is 9.61. The molecule has 0 aliphatic rings. The van der Waals surface area contributed by atoms with Crippen molar-refractivity contribution in [1.82, 2.24) is 9.97 Å². The predicted molar refractivity (Wildman–Crippen MR) is 66.6 cm³/mol. The summed E-state index contributed by atoms with van der Waals surface area (Å²) in [5.74, 6) is 0.995. The van der Waals surface area contributed by atoms with Crippen molar-refractivity contribution in [1.29, 1.82) is 0 Å². The van der Waals surface area contributed by atoms with Crippen molar-refractivity contribution in [3.05, 3.63) is 30.1 Å². The van der Waals surface area contributed by atoms with Crippen LogP contribution >= 0.6 is 0 Å². The molecule has 86 valence electrons. The van der Waals surface area contributed by atoms with Gasteiger partial charge in [0.25, 0.3) is 0 Å². The van der Waals surface area contributed by atoms with Crippen LogP contribution in [0, 0.1) is 6.92 Å². The van der Waals surface area contributed by atoms with Crippen molar-refractivity contribution in [2.75, 3.05) is 7.11 Å². The van der Waals surface area contributed by atoms with Gasteiger partial charge in [0, 0.05) is 10.9 Å². The first-order valence-electron chi connectivity index (χ1n) is 5.34. The Morgan fingerprint density at radius 1 is 1.29 bits per heavy atom. The summed E-state index contributed by atoms with van der Waals surface area (Å²) in [6, 6.07) is 5.73. The first-order chi connectivity index (χ1) is 8.20. The minimum Gasteiger partial charge on any atom is -0.505 e. The summed E-state index contributed by atoms with van der Waals surface area (Å²) >= 11 is 0. The van der Waals surface area contributed by atoms with Crippen molar-refractivity contribution in [2.45, 2.75) is 6.92 Å². The fourth-order valence-electron chi connectivity index (χ4n) is 2.07. The van der Waals surface area contributed by atoms with Crippen LogP contribution < -0.4 is 4.74 Å². The molecule has 0 radical (unpaired) electrons. The van der Waals surface area contributed by atoms with Crippen LogP contribution in [0.3, 0.4) is 0 Å². The molecule has 0 fully saturated rings. The quantitative estimate of drug-likeness (QED) is 0.673. The van der Waals surface area contributed by atoms with Crippen molar-refractivity contribution >= 4 is 21.8 Å². The molecular weight excluding hydrogens is 216 g/mol. The predicted octanol–water partition coefficient (Wildman–Crippen LogP) is 2.74. The van der Waals surface area contributed by atoms with E-state index in [4.69, 9.17) is 4.74 Å². The van der Waals surface area contributed by atoms with E-state index in [1.165, 1.54) is 0 Å². The van der Waals surface area contributed by atoms with Gasteiger partial charge in [0.1, 0.15) is 11.5 Å². The zero-order valence-corrected chi connectivity index (χ0v) is 9.61. The lowest BCUT2D eigenvalue weighted by atomic mass is 10.1. The molecule has 3 rings (SSSR count). The fraction of sp³-hybridized carbons (Fsp3) is 0.154. The number of hydrogen-bond acceptors (Lipinski definition) is 3. The Bertz CT molecular complexity index is 716. The van der Waals surface area contributed by atoms with E-state index in [1.54, 1.807) is 20.2 Å². The SMILES string of the molecule is COc1ccc2[nH]c3cnc(C)c(O)c3c2c1. The van der Waals surface area contributed by atoms with Crippen molar-refractivity contribution in [3.8, 4) is 11.5 Å². The summed E-state index contributed by atoms with van der Waals surface area (Å²) in [5, 5.41) is 11.8. The van der Waals surface area contributed by atoms with Gasteiger partial charge in [-0.3, -0.25) is 4.98 Å². The average Bonchev–Trinajstić information content (AvgIpc) is 2.71. The molecule has 2 aromatic heterocycles. The third kappa shape index (κ3) is 1.34. The molecule has 0 amide bonds. The highest BCUT2D eigenvalue weighted by atomic mass is 16.5. The average molecular weight is 228 g/mol. The van der Waals surface area contributed by atoms with Gasteiger partial charge in [-0.2, -0.15) is 0 Å². The number of nitrogens with one attached hydrogen (secondary N) is 1. The molecule has 4 heteroatoms. The van der Waals surface area contributed by atoms with Crippen LogP contribution in [-0.4, -0.2) is 22.2 Å². The Morgan fingerprint density at radius 2 is 2.12 bits per heavy atom. The molecule has 3 aromatic rings. The van der Waals surface area contributed by atoms with Gasteiger partial charge >= 0.3 is 0 Å². The largest absolute Gasteiger partial charge is 0.505 e. The summed E-state index contributed by atoms with van der Waals surface area (Å²) in [6.07, 6.45) is 1.73. The minimum atomic E-state index is 0.224. The Kier molecular flexibility index (Phi) is 1.98. The van der Waals surface area contributed by atoms with Crippen molar-refractivity contribution in [2.24, 2.45) is 0 Å². The van der Waals surface area contributed by atoms with E-state index in [-0.39, 0.29) is 5.75 Å². The summed E-state index contributed by atoms with van der Waals surface area (Å²) in [5.41, 5.74) is 2.42. The Hall–Kier alpha value is -2.23. The van der Waals surface area contributed by atoms with E-state index in [1.807, 2.05) is 18.2 Å². The first-order valence-corrected chi connectivity index (χ1v) is 5.34. The topological polar surface area (TPSA) is 58.1 Å². The van der Waals surface area contributed by atoms with Crippen molar-refractivity contribution < 1.29 is 9.84 Å². The lowest BCUT2D eigenvalue weighted by molar-refractivity contribution is 0.415. The number of hydrogen-bond donors (Lipinski definition) is 2. The molecule has 0 saturated carbocycles. The van der Waals surface area contributed by atoms with Gasteiger partial charge in [0.05, 0.1) is 29.9 Å². The number of aromatic nitrogens is 2. The standard InChI is InChI=1S/C13H12N2O2/c1-7-13(16)12-9-5-8(17-2)3-4-10(9)15-11(12)6-14-7/h3-6,15-16H,1-2H3. The highest BCUT2D eigenvalue weighted by molar-refractivity contribution is 6.10. The zero-order chi connectivity index (χ0) is 12.0. The van der Waals surface area contributed by atoms with Crippen molar-refractivity contribution in [3.63, 3.8) is 0 Å². The van der Waals surface area contributed by atoms with Gasteiger partial charge in [-0.1, -0.05) is 0 Å². The highest BCUT2D eigenvalue weighted by Gasteiger charge is 2.11. The van der Waals surface area contributed by atoms with Gasteiger partial charge < -0.3 is 14.8 Å². The first kappa shape index (κ1) is 9.96. The lowest BCUT2D eigenvalue weighted by Crippen LogP contribution is -1.82. The number of H-pyrrole nitrogens is 1. The molecule has 2 heterocycles. The van der Waals surface area contributed by atoms with Crippen LogP contribution in [0.15, 0.2) is 24.4 Å². The number of aromatic hydroxyl groups is 1. The minimum absolute atomic E-state index is 0.224. The van der Waals surface area contributed by atoms with Gasteiger partial charge in [0.2, 0.25) is 0 Å².